The Labute approximate surface area is 104 Å². The maximum Gasteiger partial charge on any atom is 0.236 e. The molecule has 1 heterocycles. The fraction of sp³-hybridized carbons (Fsp3) is 0.167. The number of nitrogens with two attached hydrogens (primary N) is 1. The summed E-state index contributed by atoms with van der Waals surface area (Å²) >= 11 is 6.09. The van der Waals surface area contributed by atoms with Crippen LogP contribution < -0.4 is 10.6 Å². The van der Waals surface area contributed by atoms with E-state index in [9.17, 15) is 4.79 Å². The zero-order chi connectivity index (χ0) is 12.4. The number of anilines is 1. The van der Waals surface area contributed by atoms with Gasteiger partial charge in [0.15, 0.2) is 0 Å². The molecule has 0 unspecified atom stereocenters. The van der Waals surface area contributed by atoms with Gasteiger partial charge in [-0.15, -0.1) is 0 Å². The summed E-state index contributed by atoms with van der Waals surface area (Å²) in [6.07, 6.45) is 0. The highest BCUT2D eigenvalue weighted by Crippen LogP contribution is 2.25. The lowest BCUT2D eigenvalue weighted by atomic mass is 10.2. The first-order valence-corrected chi connectivity index (χ1v) is 5.50. The summed E-state index contributed by atoms with van der Waals surface area (Å²) < 4.78 is 0. The van der Waals surface area contributed by atoms with E-state index in [2.05, 4.69) is 4.98 Å². The standard InChI is InChI=1S/C12H12ClN3O/c1-16(7-10(14)17)11-6-8-4-2-3-5-9(8)12(13)15-11/h2-6H,7H2,1H3,(H2,14,17). The monoisotopic (exact) mass is 249 g/mol. The second-order valence-corrected chi connectivity index (χ2v) is 4.17. The molecule has 1 aromatic heterocycles. The Hall–Kier alpha value is -1.81. The van der Waals surface area contributed by atoms with Crippen LogP contribution in [0.25, 0.3) is 10.8 Å². The summed E-state index contributed by atoms with van der Waals surface area (Å²) in [6, 6.07) is 9.57. The molecule has 0 fully saturated rings. The number of amides is 1. The average molecular weight is 250 g/mol. The smallest absolute Gasteiger partial charge is 0.236 e. The molecule has 0 saturated heterocycles. The van der Waals surface area contributed by atoms with Gasteiger partial charge in [0.25, 0.3) is 0 Å². The second-order valence-electron chi connectivity index (χ2n) is 3.81. The van der Waals surface area contributed by atoms with Gasteiger partial charge in [-0.05, 0) is 11.5 Å². The van der Waals surface area contributed by atoms with E-state index in [0.717, 1.165) is 10.8 Å². The van der Waals surface area contributed by atoms with Gasteiger partial charge in [0.05, 0.1) is 6.54 Å². The predicted octanol–water partition coefficient (Wildman–Crippen LogP) is 1.81. The molecule has 0 radical (unpaired) electrons. The van der Waals surface area contributed by atoms with E-state index in [-0.39, 0.29) is 6.54 Å². The minimum absolute atomic E-state index is 0.113. The van der Waals surface area contributed by atoms with Crippen molar-refractivity contribution in [1.82, 2.24) is 4.98 Å². The molecule has 2 rings (SSSR count). The van der Waals surface area contributed by atoms with Crippen molar-refractivity contribution in [3.63, 3.8) is 0 Å². The molecule has 5 heteroatoms. The Morgan fingerprint density at radius 2 is 2.18 bits per heavy atom. The Morgan fingerprint density at radius 1 is 1.47 bits per heavy atom. The third-order valence-electron chi connectivity index (χ3n) is 2.46. The topological polar surface area (TPSA) is 59.2 Å². The van der Waals surface area contributed by atoms with Gasteiger partial charge in [0.1, 0.15) is 11.0 Å². The second kappa shape index (κ2) is 4.59. The summed E-state index contributed by atoms with van der Waals surface area (Å²) in [4.78, 5) is 16.8. The number of rotatable bonds is 3. The van der Waals surface area contributed by atoms with Crippen molar-refractivity contribution >= 4 is 34.1 Å². The number of likely N-dealkylation sites (N-methyl/N-ethyl adjacent to an activating group) is 1. The average Bonchev–Trinajstić information content (AvgIpc) is 2.28. The highest BCUT2D eigenvalue weighted by Gasteiger charge is 2.09. The number of benzene rings is 1. The lowest BCUT2D eigenvalue weighted by molar-refractivity contribution is -0.116. The molecular weight excluding hydrogens is 238 g/mol. The summed E-state index contributed by atoms with van der Waals surface area (Å²) in [5, 5.41) is 2.30. The Bertz CT molecular complexity index is 571. The molecule has 0 aliphatic carbocycles. The minimum atomic E-state index is -0.404. The molecule has 1 aromatic carbocycles. The van der Waals surface area contributed by atoms with Crippen molar-refractivity contribution in [1.29, 1.82) is 0 Å². The molecule has 88 valence electrons. The van der Waals surface area contributed by atoms with Gasteiger partial charge in [0.2, 0.25) is 5.91 Å². The number of halogens is 1. The minimum Gasteiger partial charge on any atom is -0.368 e. The molecule has 4 nitrogen and oxygen atoms in total. The van der Waals surface area contributed by atoms with Crippen LogP contribution in [-0.4, -0.2) is 24.5 Å². The van der Waals surface area contributed by atoms with Gasteiger partial charge in [0, 0.05) is 12.4 Å². The van der Waals surface area contributed by atoms with Crippen LogP contribution in [-0.2, 0) is 4.79 Å². The van der Waals surface area contributed by atoms with Crippen LogP contribution in [0.2, 0.25) is 5.15 Å². The van der Waals surface area contributed by atoms with Crippen LogP contribution in [0.1, 0.15) is 0 Å². The fourth-order valence-corrected chi connectivity index (χ4v) is 1.91. The van der Waals surface area contributed by atoms with E-state index in [1.807, 2.05) is 30.3 Å². The summed E-state index contributed by atoms with van der Waals surface area (Å²) in [5.41, 5.74) is 5.14. The van der Waals surface area contributed by atoms with Crippen LogP contribution in [0.15, 0.2) is 30.3 Å². The number of aromatic nitrogens is 1. The highest BCUT2D eigenvalue weighted by molar-refractivity contribution is 6.34. The van der Waals surface area contributed by atoms with Crippen LogP contribution in [0.5, 0.6) is 0 Å². The van der Waals surface area contributed by atoms with Crippen molar-refractivity contribution in [2.75, 3.05) is 18.5 Å². The molecule has 2 N–H and O–H groups in total. The Morgan fingerprint density at radius 3 is 2.88 bits per heavy atom. The number of carbonyl (C=O) groups excluding carboxylic acids is 1. The van der Waals surface area contributed by atoms with E-state index < -0.39 is 5.91 Å². The third-order valence-corrected chi connectivity index (χ3v) is 2.75. The molecule has 2 aromatic rings. The fourth-order valence-electron chi connectivity index (χ4n) is 1.65. The third kappa shape index (κ3) is 2.47. The molecule has 0 aliphatic heterocycles. The first-order valence-electron chi connectivity index (χ1n) is 5.12. The van der Waals surface area contributed by atoms with E-state index in [0.29, 0.717) is 11.0 Å². The Balaban J connectivity index is 2.46. The van der Waals surface area contributed by atoms with Gasteiger partial charge in [-0.25, -0.2) is 4.98 Å². The SMILES string of the molecule is CN(CC(N)=O)c1cc2ccccc2c(Cl)n1. The number of fused-ring (bicyclic) bond motifs is 1. The molecule has 0 atom stereocenters. The zero-order valence-corrected chi connectivity index (χ0v) is 10.1. The molecule has 0 saturated carbocycles. The lowest BCUT2D eigenvalue weighted by Crippen LogP contribution is -2.31. The van der Waals surface area contributed by atoms with Crippen molar-refractivity contribution in [2.45, 2.75) is 0 Å². The quantitative estimate of drug-likeness (QED) is 0.844. The maximum absolute atomic E-state index is 10.9. The van der Waals surface area contributed by atoms with Crippen LogP contribution >= 0.6 is 11.6 Å². The summed E-state index contributed by atoms with van der Waals surface area (Å²) in [6.45, 7) is 0.113. The number of primary amides is 1. The number of nitrogens with zero attached hydrogens (tertiary/aromatic N) is 2. The number of hydrogen-bond donors (Lipinski definition) is 1. The lowest BCUT2D eigenvalue weighted by Gasteiger charge is -2.17. The van der Waals surface area contributed by atoms with Crippen molar-refractivity contribution < 1.29 is 4.79 Å². The zero-order valence-electron chi connectivity index (χ0n) is 9.35. The maximum atomic E-state index is 10.9. The van der Waals surface area contributed by atoms with E-state index >= 15 is 0 Å². The number of pyridine rings is 1. The molecular formula is C12H12ClN3O. The first-order chi connectivity index (χ1) is 8.08. The van der Waals surface area contributed by atoms with E-state index in [1.54, 1.807) is 11.9 Å². The van der Waals surface area contributed by atoms with Gasteiger partial charge >= 0.3 is 0 Å². The molecule has 0 spiro atoms. The molecule has 17 heavy (non-hydrogen) atoms. The highest BCUT2D eigenvalue weighted by atomic mass is 35.5. The number of hydrogen-bond acceptors (Lipinski definition) is 3. The predicted molar refractivity (Wildman–Crippen MR) is 69.2 cm³/mol. The first kappa shape index (κ1) is 11.7. The summed E-state index contributed by atoms with van der Waals surface area (Å²) in [5.74, 6) is 0.228. The van der Waals surface area contributed by atoms with Crippen molar-refractivity contribution in [3.8, 4) is 0 Å². The number of carbonyl (C=O) groups is 1. The van der Waals surface area contributed by atoms with Crippen molar-refractivity contribution in [2.24, 2.45) is 5.73 Å². The van der Waals surface area contributed by atoms with E-state index in [4.69, 9.17) is 17.3 Å². The van der Waals surface area contributed by atoms with Crippen LogP contribution in [0, 0.1) is 0 Å². The van der Waals surface area contributed by atoms with E-state index in [1.165, 1.54) is 0 Å². The largest absolute Gasteiger partial charge is 0.368 e. The normalized spacial score (nSPS) is 10.5. The molecule has 0 bridgehead atoms. The summed E-state index contributed by atoms with van der Waals surface area (Å²) in [7, 11) is 1.75. The molecule has 1 amide bonds. The van der Waals surface area contributed by atoms with Gasteiger partial charge in [-0.1, -0.05) is 35.9 Å². The van der Waals surface area contributed by atoms with Crippen molar-refractivity contribution in [3.05, 3.63) is 35.5 Å². The van der Waals surface area contributed by atoms with Gasteiger partial charge < -0.3 is 10.6 Å². The Kier molecular flexibility index (Phi) is 3.15. The van der Waals surface area contributed by atoms with Gasteiger partial charge in [-0.2, -0.15) is 0 Å². The molecule has 0 aliphatic rings. The van der Waals surface area contributed by atoms with Crippen LogP contribution in [0.3, 0.4) is 0 Å². The van der Waals surface area contributed by atoms with Gasteiger partial charge in [-0.3, -0.25) is 4.79 Å². The van der Waals surface area contributed by atoms with Crippen LogP contribution in [0.4, 0.5) is 5.82 Å².